The van der Waals surface area contributed by atoms with Gasteiger partial charge >= 0.3 is 0 Å². The second-order valence-corrected chi connectivity index (χ2v) is 9.06. The number of halogens is 1. The Morgan fingerprint density at radius 1 is 1.07 bits per heavy atom. The van der Waals surface area contributed by atoms with Gasteiger partial charge in [0.1, 0.15) is 5.82 Å². The highest BCUT2D eigenvalue weighted by Crippen LogP contribution is 2.50. The summed E-state index contributed by atoms with van der Waals surface area (Å²) in [5, 5.41) is 0.573. The highest BCUT2D eigenvalue weighted by atomic mass is 35.5. The molecule has 1 aliphatic carbocycles. The van der Waals surface area contributed by atoms with Crippen molar-refractivity contribution in [3.8, 4) is 0 Å². The average molecular weight is 422 g/mol. The summed E-state index contributed by atoms with van der Waals surface area (Å²) in [6.07, 6.45) is 1.05. The number of para-hydroxylation sites is 1. The second-order valence-electron chi connectivity index (χ2n) is 8.62. The Kier molecular flexibility index (Phi) is 4.94. The highest BCUT2D eigenvalue weighted by Gasteiger charge is 2.45. The fraction of sp³-hybridized carbons (Fsp3) is 0.250. The maximum Gasteiger partial charge on any atom is 0.249 e. The van der Waals surface area contributed by atoms with Crippen molar-refractivity contribution in [1.82, 2.24) is 0 Å². The number of amides is 1. The fourth-order valence-electron chi connectivity index (χ4n) is 4.52. The van der Waals surface area contributed by atoms with E-state index in [2.05, 4.69) is 13.8 Å². The van der Waals surface area contributed by atoms with Gasteiger partial charge in [-0.15, -0.1) is 0 Å². The molecule has 2 aromatic carbocycles. The Morgan fingerprint density at radius 3 is 2.30 bits per heavy atom. The Bertz CT molecular complexity index is 1090. The molecule has 30 heavy (non-hydrogen) atoms. The van der Waals surface area contributed by atoms with Crippen LogP contribution in [0.5, 0.6) is 0 Å². The number of hydrogen-bond donors (Lipinski definition) is 2. The van der Waals surface area contributed by atoms with Crippen LogP contribution in [0.4, 0.5) is 5.69 Å². The average Bonchev–Trinajstić information content (AvgIpc) is 2.67. The lowest BCUT2D eigenvalue weighted by molar-refractivity contribution is -0.118. The van der Waals surface area contributed by atoms with Gasteiger partial charge in [-0.3, -0.25) is 14.5 Å². The molecule has 1 heterocycles. The first-order valence-corrected chi connectivity index (χ1v) is 10.2. The summed E-state index contributed by atoms with van der Waals surface area (Å²) in [5.41, 5.74) is 15.4. The number of ketones is 1. The summed E-state index contributed by atoms with van der Waals surface area (Å²) in [7, 11) is 0. The van der Waals surface area contributed by atoms with Gasteiger partial charge in [0.05, 0.1) is 5.57 Å². The van der Waals surface area contributed by atoms with Crippen molar-refractivity contribution in [3.05, 3.63) is 87.8 Å². The third-order valence-electron chi connectivity index (χ3n) is 5.74. The number of nitrogens with zero attached hydrogens (tertiary/aromatic N) is 1. The van der Waals surface area contributed by atoms with Crippen LogP contribution < -0.4 is 16.4 Å². The molecule has 0 fully saturated rings. The van der Waals surface area contributed by atoms with E-state index in [4.69, 9.17) is 23.1 Å². The molecular formula is C24H24ClN3O2. The predicted octanol–water partition coefficient (Wildman–Crippen LogP) is 4.24. The first-order valence-electron chi connectivity index (χ1n) is 9.86. The zero-order valence-electron chi connectivity index (χ0n) is 17.0. The van der Waals surface area contributed by atoms with E-state index in [9.17, 15) is 9.59 Å². The van der Waals surface area contributed by atoms with Gasteiger partial charge < -0.3 is 11.5 Å². The van der Waals surface area contributed by atoms with Crippen LogP contribution in [0.15, 0.2) is 77.3 Å². The molecule has 154 valence electrons. The Balaban J connectivity index is 2.02. The molecular weight excluding hydrogens is 398 g/mol. The van der Waals surface area contributed by atoms with Crippen molar-refractivity contribution in [1.29, 1.82) is 0 Å². The number of primary amides is 1. The van der Waals surface area contributed by atoms with E-state index in [1.165, 1.54) is 0 Å². The van der Waals surface area contributed by atoms with Crippen molar-refractivity contribution in [2.75, 3.05) is 4.90 Å². The number of rotatable bonds is 3. The quantitative estimate of drug-likeness (QED) is 0.775. The van der Waals surface area contributed by atoms with Crippen LogP contribution in [-0.4, -0.2) is 11.7 Å². The third kappa shape index (κ3) is 3.39. The van der Waals surface area contributed by atoms with Gasteiger partial charge in [-0.05, 0) is 41.7 Å². The summed E-state index contributed by atoms with van der Waals surface area (Å²) >= 11 is 6.07. The molecule has 0 radical (unpaired) electrons. The standard InChI is InChI=1S/C24H24ClN3O2/c1-24(2)12-17-20(18(29)13-24)19(14-8-10-15(25)11-9-14)21(23(27)30)22(26)28(17)16-6-4-3-5-7-16/h3-11,19H,12-13,26H2,1-2H3,(H2,27,30)/t19-/m0/s1. The molecule has 2 aromatic rings. The number of anilines is 1. The predicted molar refractivity (Wildman–Crippen MR) is 119 cm³/mol. The molecule has 4 N–H and O–H groups in total. The first-order chi connectivity index (χ1) is 14.2. The number of nitrogens with two attached hydrogens (primary N) is 2. The largest absolute Gasteiger partial charge is 0.384 e. The van der Waals surface area contributed by atoms with Gasteiger partial charge in [-0.2, -0.15) is 0 Å². The van der Waals surface area contributed by atoms with Crippen LogP contribution in [0.2, 0.25) is 5.02 Å². The van der Waals surface area contributed by atoms with Crippen LogP contribution in [0.1, 0.15) is 38.2 Å². The van der Waals surface area contributed by atoms with E-state index in [0.29, 0.717) is 23.4 Å². The fourth-order valence-corrected chi connectivity index (χ4v) is 4.64. The van der Waals surface area contributed by atoms with Crippen LogP contribution in [-0.2, 0) is 9.59 Å². The minimum Gasteiger partial charge on any atom is -0.384 e. The van der Waals surface area contributed by atoms with Gasteiger partial charge in [-0.1, -0.05) is 55.8 Å². The smallest absolute Gasteiger partial charge is 0.249 e. The number of Topliss-reactive ketones (excluding diaryl/α,β-unsaturated/α-hetero) is 1. The van der Waals surface area contributed by atoms with Crippen LogP contribution in [0.25, 0.3) is 0 Å². The van der Waals surface area contributed by atoms with Crippen molar-refractivity contribution in [2.45, 2.75) is 32.6 Å². The topological polar surface area (TPSA) is 89.4 Å². The molecule has 0 unspecified atom stereocenters. The molecule has 0 saturated heterocycles. The SMILES string of the molecule is CC1(C)CC(=O)C2=C(C1)N(c1ccccc1)C(N)=C(C(N)=O)[C@H]2c1ccc(Cl)cc1. The third-order valence-corrected chi connectivity index (χ3v) is 6.00. The summed E-state index contributed by atoms with van der Waals surface area (Å²) in [5.74, 6) is -0.984. The van der Waals surface area contributed by atoms with E-state index >= 15 is 0 Å². The Hall–Kier alpha value is -3.05. The lowest BCUT2D eigenvalue weighted by atomic mass is 9.68. The molecule has 0 spiro atoms. The number of allylic oxidation sites excluding steroid dienone is 2. The summed E-state index contributed by atoms with van der Waals surface area (Å²) in [4.78, 5) is 27.8. The summed E-state index contributed by atoms with van der Waals surface area (Å²) in [6, 6.07) is 16.6. The molecule has 1 atom stereocenters. The normalized spacial score (nSPS) is 21.0. The van der Waals surface area contributed by atoms with E-state index < -0.39 is 11.8 Å². The molecule has 4 rings (SSSR count). The maximum absolute atomic E-state index is 13.4. The number of carbonyl (C=O) groups excluding carboxylic acids is 2. The zero-order valence-corrected chi connectivity index (χ0v) is 17.7. The van der Waals surface area contributed by atoms with E-state index in [1.807, 2.05) is 47.4 Å². The van der Waals surface area contributed by atoms with Crippen LogP contribution >= 0.6 is 11.6 Å². The summed E-state index contributed by atoms with van der Waals surface area (Å²) in [6.45, 7) is 4.14. The maximum atomic E-state index is 13.4. The molecule has 2 aliphatic rings. The molecule has 1 aliphatic heterocycles. The number of benzene rings is 2. The Morgan fingerprint density at radius 2 is 1.70 bits per heavy atom. The molecule has 6 heteroatoms. The van der Waals surface area contributed by atoms with E-state index in [-0.39, 0.29) is 22.6 Å². The lowest BCUT2D eigenvalue weighted by Gasteiger charge is -2.44. The van der Waals surface area contributed by atoms with Crippen molar-refractivity contribution < 1.29 is 9.59 Å². The highest BCUT2D eigenvalue weighted by molar-refractivity contribution is 6.30. The van der Waals surface area contributed by atoms with Gasteiger partial charge in [0.15, 0.2) is 5.78 Å². The van der Waals surface area contributed by atoms with Gasteiger partial charge in [0.2, 0.25) is 5.91 Å². The molecule has 1 amide bonds. The van der Waals surface area contributed by atoms with Crippen molar-refractivity contribution in [2.24, 2.45) is 16.9 Å². The monoisotopic (exact) mass is 421 g/mol. The van der Waals surface area contributed by atoms with Crippen LogP contribution in [0, 0.1) is 5.41 Å². The molecule has 0 saturated carbocycles. The van der Waals surface area contributed by atoms with E-state index in [1.54, 1.807) is 12.1 Å². The number of hydrogen-bond acceptors (Lipinski definition) is 4. The lowest BCUT2D eigenvalue weighted by Crippen LogP contribution is -2.44. The minimum absolute atomic E-state index is 0.00776. The van der Waals surface area contributed by atoms with Gasteiger partial charge in [0.25, 0.3) is 0 Å². The summed E-state index contributed by atoms with van der Waals surface area (Å²) < 4.78 is 0. The molecule has 5 nitrogen and oxygen atoms in total. The van der Waals surface area contributed by atoms with Crippen LogP contribution in [0.3, 0.4) is 0 Å². The van der Waals surface area contributed by atoms with Crippen molar-refractivity contribution >= 4 is 29.0 Å². The number of carbonyl (C=O) groups is 2. The van der Waals surface area contributed by atoms with E-state index in [0.717, 1.165) is 16.9 Å². The molecule has 0 aromatic heterocycles. The van der Waals surface area contributed by atoms with Gasteiger partial charge in [-0.25, -0.2) is 0 Å². The minimum atomic E-state index is -0.641. The second kappa shape index (κ2) is 7.33. The molecule has 0 bridgehead atoms. The van der Waals surface area contributed by atoms with Crippen molar-refractivity contribution in [3.63, 3.8) is 0 Å². The van der Waals surface area contributed by atoms with Gasteiger partial charge in [0, 0.05) is 34.3 Å². The zero-order chi connectivity index (χ0) is 21.6. The Labute approximate surface area is 181 Å². The first kappa shape index (κ1) is 20.2.